The van der Waals surface area contributed by atoms with Gasteiger partial charge in [-0.2, -0.15) is 0 Å². The predicted octanol–water partition coefficient (Wildman–Crippen LogP) is 1.84. The van der Waals surface area contributed by atoms with Gasteiger partial charge in [0, 0.05) is 13.1 Å². The molecule has 1 aliphatic heterocycles. The summed E-state index contributed by atoms with van der Waals surface area (Å²) in [5, 5.41) is 0. The Morgan fingerprint density at radius 2 is 2.00 bits per heavy atom. The molecule has 0 aliphatic carbocycles. The summed E-state index contributed by atoms with van der Waals surface area (Å²) in [6, 6.07) is 7.36. The fourth-order valence-electron chi connectivity index (χ4n) is 2.18. The second kappa shape index (κ2) is 5.19. The van der Waals surface area contributed by atoms with Crippen molar-refractivity contribution in [3.8, 4) is 0 Å². The standard InChI is InChI=1S/C13H19N3O/c1-10-6-8-16(9-7-10)13(17)11-4-2-3-5-12(11)15-14/h2-5,10,15H,6-9,14H2,1H3. The lowest BCUT2D eigenvalue weighted by molar-refractivity contribution is 0.0698. The average Bonchev–Trinajstić information content (AvgIpc) is 2.39. The third kappa shape index (κ3) is 2.58. The van der Waals surface area contributed by atoms with Crippen molar-refractivity contribution in [1.29, 1.82) is 0 Å². The maximum absolute atomic E-state index is 12.3. The van der Waals surface area contributed by atoms with E-state index in [9.17, 15) is 4.79 Å². The maximum Gasteiger partial charge on any atom is 0.256 e. The molecule has 0 atom stereocenters. The summed E-state index contributed by atoms with van der Waals surface area (Å²) in [5.74, 6) is 6.22. The van der Waals surface area contributed by atoms with Crippen LogP contribution in [0, 0.1) is 5.92 Å². The molecule has 0 saturated carbocycles. The first-order valence-corrected chi connectivity index (χ1v) is 6.07. The summed E-state index contributed by atoms with van der Waals surface area (Å²) in [5.41, 5.74) is 3.92. The van der Waals surface area contributed by atoms with Crippen molar-refractivity contribution in [2.75, 3.05) is 18.5 Å². The molecule has 4 nitrogen and oxygen atoms in total. The van der Waals surface area contributed by atoms with E-state index in [2.05, 4.69) is 12.3 Å². The molecule has 3 N–H and O–H groups in total. The highest BCUT2D eigenvalue weighted by molar-refractivity contribution is 5.99. The van der Waals surface area contributed by atoms with Crippen molar-refractivity contribution in [2.24, 2.45) is 11.8 Å². The quantitative estimate of drug-likeness (QED) is 0.605. The van der Waals surface area contributed by atoms with Gasteiger partial charge in [-0.3, -0.25) is 10.6 Å². The van der Waals surface area contributed by atoms with Crippen molar-refractivity contribution in [2.45, 2.75) is 19.8 Å². The molecule has 0 unspecified atom stereocenters. The Hall–Kier alpha value is -1.55. The first kappa shape index (κ1) is 11.9. The molecule has 1 fully saturated rings. The first-order valence-electron chi connectivity index (χ1n) is 6.07. The van der Waals surface area contributed by atoms with Crippen LogP contribution in [0.5, 0.6) is 0 Å². The molecule has 0 bridgehead atoms. The van der Waals surface area contributed by atoms with Gasteiger partial charge in [-0.05, 0) is 30.9 Å². The lowest BCUT2D eigenvalue weighted by Crippen LogP contribution is -2.38. The largest absolute Gasteiger partial charge is 0.339 e. The molecular formula is C13H19N3O. The second-order valence-electron chi connectivity index (χ2n) is 4.66. The van der Waals surface area contributed by atoms with Crippen LogP contribution in [0.2, 0.25) is 0 Å². The first-order chi connectivity index (χ1) is 8.22. The van der Waals surface area contributed by atoms with Gasteiger partial charge in [-0.1, -0.05) is 19.1 Å². The Morgan fingerprint density at radius 1 is 1.35 bits per heavy atom. The summed E-state index contributed by atoms with van der Waals surface area (Å²) in [4.78, 5) is 14.2. The number of rotatable bonds is 2. The number of hydrazine groups is 1. The van der Waals surface area contributed by atoms with Gasteiger partial charge in [0.05, 0.1) is 11.3 Å². The van der Waals surface area contributed by atoms with Crippen LogP contribution < -0.4 is 11.3 Å². The summed E-state index contributed by atoms with van der Waals surface area (Å²) < 4.78 is 0. The van der Waals surface area contributed by atoms with Gasteiger partial charge in [0.1, 0.15) is 0 Å². The van der Waals surface area contributed by atoms with Crippen molar-refractivity contribution < 1.29 is 4.79 Å². The highest BCUT2D eigenvalue weighted by atomic mass is 16.2. The third-order valence-electron chi connectivity index (χ3n) is 3.38. The van der Waals surface area contributed by atoms with Crippen LogP contribution in [0.4, 0.5) is 5.69 Å². The number of hydrogen-bond acceptors (Lipinski definition) is 3. The maximum atomic E-state index is 12.3. The molecule has 1 heterocycles. The lowest BCUT2D eigenvalue weighted by atomic mass is 9.98. The Kier molecular flexibility index (Phi) is 3.64. The number of piperidine rings is 1. The van der Waals surface area contributed by atoms with Gasteiger partial charge in [-0.25, -0.2) is 0 Å². The number of nitrogens with zero attached hydrogens (tertiary/aromatic N) is 1. The minimum absolute atomic E-state index is 0.0745. The highest BCUT2D eigenvalue weighted by Gasteiger charge is 2.22. The van der Waals surface area contributed by atoms with Crippen LogP contribution in [-0.4, -0.2) is 23.9 Å². The second-order valence-corrected chi connectivity index (χ2v) is 4.66. The highest BCUT2D eigenvalue weighted by Crippen LogP contribution is 2.21. The average molecular weight is 233 g/mol. The van der Waals surface area contributed by atoms with E-state index in [1.54, 1.807) is 0 Å². The van der Waals surface area contributed by atoms with E-state index in [1.807, 2.05) is 29.2 Å². The van der Waals surface area contributed by atoms with Gasteiger partial charge in [0.25, 0.3) is 5.91 Å². The Morgan fingerprint density at radius 3 is 2.65 bits per heavy atom. The van der Waals surface area contributed by atoms with Crippen LogP contribution in [0.15, 0.2) is 24.3 Å². The van der Waals surface area contributed by atoms with E-state index < -0.39 is 0 Å². The zero-order valence-corrected chi connectivity index (χ0v) is 10.1. The number of hydrogen-bond donors (Lipinski definition) is 2. The molecule has 1 aromatic carbocycles. The van der Waals surface area contributed by atoms with E-state index in [0.29, 0.717) is 11.3 Å². The molecule has 92 valence electrons. The number of nitrogens with one attached hydrogen (secondary N) is 1. The van der Waals surface area contributed by atoms with Crippen LogP contribution in [0.25, 0.3) is 0 Å². The Bertz CT molecular complexity index is 397. The number of carbonyl (C=O) groups excluding carboxylic acids is 1. The summed E-state index contributed by atoms with van der Waals surface area (Å²) in [6.07, 6.45) is 2.17. The number of carbonyl (C=O) groups is 1. The molecule has 1 saturated heterocycles. The van der Waals surface area contributed by atoms with Gasteiger partial charge in [0.2, 0.25) is 0 Å². The van der Waals surface area contributed by atoms with E-state index >= 15 is 0 Å². The third-order valence-corrected chi connectivity index (χ3v) is 3.38. The van der Waals surface area contributed by atoms with Gasteiger partial charge >= 0.3 is 0 Å². The van der Waals surface area contributed by atoms with Crippen LogP contribution in [-0.2, 0) is 0 Å². The molecule has 0 spiro atoms. The number of likely N-dealkylation sites (tertiary alicyclic amines) is 1. The van der Waals surface area contributed by atoms with Crippen LogP contribution >= 0.6 is 0 Å². The van der Waals surface area contributed by atoms with Crippen molar-refractivity contribution in [1.82, 2.24) is 4.90 Å². The normalized spacial score (nSPS) is 16.9. The summed E-state index contributed by atoms with van der Waals surface area (Å²) >= 11 is 0. The number of nitrogens with two attached hydrogens (primary N) is 1. The lowest BCUT2D eigenvalue weighted by Gasteiger charge is -2.30. The fourth-order valence-corrected chi connectivity index (χ4v) is 2.18. The topological polar surface area (TPSA) is 58.4 Å². The molecule has 4 heteroatoms. The molecule has 17 heavy (non-hydrogen) atoms. The van der Waals surface area contributed by atoms with Gasteiger partial charge in [0.15, 0.2) is 0 Å². The van der Waals surface area contributed by atoms with Gasteiger partial charge < -0.3 is 10.3 Å². The van der Waals surface area contributed by atoms with E-state index in [0.717, 1.165) is 31.8 Å². The number of nitrogen functional groups attached to an aromatic ring is 1. The fraction of sp³-hybridized carbons (Fsp3) is 0.462. The molecule has 0 radical (unpaired) electrons. The van der Waals surface area contributed by atoms with Crippen molar-refractivity contribution >= 4 is 11.6 Å². The smallest absolute Gasteiger partial charge is 0.256 e. The van der Waals surface area contributed by atoms with Gasteiger partial charge in [-0.15, -0.1) is 0 Å². The summed E-state index contributed by atoms with van der Waals surface area (Å²) in [7, 11) is 0. The zero-order valence-electron chi connectivity index (χ0n) is 10.1. The minimum Gasteiger partial charge on any atom is -0.339 e. The minimum atomic E-state index is 0.0745. The number of benzene rings is 1. The van der Waals surface area contributed by atoms with E-state index in [-0.39, 0.29) is 5.91 Å². The number of anilines is 1. The molecule has 1 aromatic rings. The Labute approximate surface area is 102 Å². The molecular weight excluding hydrogens is 214 g/mol. The molecule has 1 aliphatic rings. The van der Waals surface area contributed by atoms with Crippen LogP contribution in [0.1, 0.15) is 30.1 Å². The van der Waals surface area contributed by atoms with E-state index in [1.165, 1.54) is 0 Å². The molecule has 2 rings (SSSR count). The Balaban J connectivity index is 2.14. The molecule has 0 aromatic heterocycles. The number of para-hydroxylation sites is 1. The van der Waals surface area contributed by atoms with Crippen molar-refractivity contribution in [3.63, 3.8) is 0 Å². The zero-order chi connectivity index (χ0) is 12.3. The van der Waals surface area contributed by atoms with Crippen LogP contribution in [0.3, 0.4) is 0 Å². The summed E-state index contributed by atoms with van der Waals surface area (Å²) in [6.45, 7) is 3.93. The number of amides is 1. The van der Waals surface area contributed by atoms with Crippen molar-refractivity contribution in [3.05, 3.63) is 29.8 Å². The SMILES string of the molecule is CC1CCN(C(=O)c2ccccc2NN)CC1. The predicted molar refractivity (Wildman–Crippen MR) is 68.6 cm³/mol. The van der Waals surface area contributed by atoms with E-state index in [4.69, 9.17) is 5.84 Å². The molecule has 1 amide bonds. The monoisotopic (exact) mass is 233 g/mol.